The first-order valence-corrected chi connectivity index (χ1v) is 12.2. The van der Waals surface area contributed by atoms with E-state index in [1.807, 2.05) is 6.92 Å². The molecule has 1 saturated heterocycles. The molecule has 6 nitrogen and oxygen atoms in total. The summed E-state index contributed by atoms with van der Waals surface area (Å²) in [4.78, 5) is 12.6. The van der Waals surface area contributed by atoms with Gasteiger partial charge in [0, 0.05) is 25.6 Å². The van der Waals surface area contributed by atoms with Crippen molar-refractivity contribution in [2.75, 3.05) is 26.2 Å². The van der Waals surface area contributed by atoms with E-state index in [0.29, 0.717) is 43.7 Å². The zero-order chi connectivity index (χ0) is 24.1. The molecule has 1 heterocycles. The number of hydrogen-bond acceptors (Lipinski definition) is 4. The second-order valence-electron chi connectivity index (χ2n) is 7.82. The van der Waals surface area contributed by atoms with Gasteiger partial charge in [-0.1, -0.05) is 12.1 Å². The van der Waals surface area contributed by atoms with Crippen molar-refractivity contribution in [1.82, 2.24) is 9.62 Å². The van der Waals surface area contributed by atoms with Gasteiger partial charge in [0.2, 0.25) is 15.9 Å². The number of carbonyl (C=O) groups excluding carboxylic acids is 1. The number of alkyl halides is 3. The Morgan fingerprint density at radius 2 is 1.67 bits per heavy atom. The van der Waals surface area contributed by atoms with E-state index in [9.17, 15) is 26.4 Å². The monoisotopic (exact) mass is 484 g/mol. The van der Waals surface area contributed by atoms with Gasteiger partial charge >= 0.3 is 6.18 Å². The van der Waals surface area contributed by atoms with Crippen molar-refractivity contribution in [2.24, 2.45) is 5.92 Å². The van der Waals surface area contributed by atoms with Crippen LogP contribution in [0.4, 0.5) is 13.2 Å². The first kappa shape index (κ1) is 25.0. The Morgan fingerprint density at radius 3 is 2.21 bits per heavy atom. The Labute approximate surface area is 191 Å². The third-order valence-corrected chi connectivity index (χ3v) is 7.50. The van der Waals surface area contributed by atoms with Crippen molar-refractivity contribution >= 4 is 15.9 Å². The number of carbonyl (C=O) groups is 1. The molecule has 2 aromatic rings. The molecule has 1 fully saturated rings. The minimum Gasteiger partial charge on any atom is -0.494 e. The molecule has 1 amide bonds. The molecule has 0 aliphatic carbocycles. The van der Waals surface area contributed by atoms with Crippen molar-refractivity contribution < 1.29 is 31.1 Å². The fourth-order valence-electron chi connectivity index (χ4n) is 3.72. The van der Waals surface area contributed by atoms with Crippen LogP contribution >= 0.6 is 0 Å². The molecule has 10 heteroatoms. The Bertz CT molecular complexity index is 1030. The lowest BCUT2D eigenvalue weighted by molar-refractivity contribution is -0.137. The lowest BCUT2D eigenvalue weighted by atomic mass is 9.97. The molecular formula is C23H27F3N2O4S. The molecule has 0 unspecified atom stereocenters. The number of nitrogens with one attached hydrogen (secondary N) is 1. The lowest BCUT2D eigenvalue weighted by Gasteiger charge is -2.30. The third-order valence-electron chi connectivity index (χ3n) is 5.59. The van der Waals surface area contributed by atoms with Gasteiger partial charge in [0.05, 0.1) is 17.1 Å². The van der Waals surface area contributed by atoms with Crippen LogP contribution in [-0.2, 0) is 27.4 Å². The summed E-state index contributed by atoms with van der Waals surface area (Å²) >= 11 is 0. The first-order valence-electron chi connectivity index (χ1n) is 10.8. The van der Waals surface area contributed by atoms with E-state index in [4.69, 9.17) is 4.74 Å². The summed E-state index contributed by atoms with van der Waals surface area (Å²) in [5, 5.41) is 2.81. The van der Waals surface area contributed by atoms with Crippen LogP contribution in [0.1, 0.15) is 30.9 Å². The molecule has 0 bridgehead atoms. The zero-order valence-corrected chi connectivity index (χ0v) is 19.1. The third kappa shape index (κ3) is 6.48. The van der Waals surface area contributed by atoms with E-state index in [1.165, 1.54) is 28.6 Å². The van der Waals surface area contributed by atoms with Crippen LogP contribution in [0.15, 0.2) is 53.4 Å². The number of nitrogens with zero attached hydrogens (tertiary/aromatic N) is 1. The second kappa shape index (κ2) is 10.6. The number of hydrogen-bond donors (Lipinski definition) is 1. The fourth-order valence-corrected chi connectivity index (χ4v) is 5.19. The van der Waals surface area contributed by atoms with Gasteiger partial charge in [-0.05, 0) is 68.1 Å². The molecule has 1 aliphatic heterocycles. The summed E-state index contributed by atoms with van der Waals surface area (Å²) in [6, 6.07) is 11.1. The molecule has 0 saturated carbocycles. The number of rotatable bonds is 8. The number of benzene rings is 2. The smallest absolute Gasteiger partial charge is 0.416 e. The maximum absolute atomic E-state index is 12.9. The maximum Gasteiger partial charge on any atom is 0.416 e. The van der Waals surface area contributed by atoms with E-state index in [-0.39, 0.29) is 29.8 Å². The summed E-state index contributed by atoms with van der Waals surface area (Å²) in [6.45, 7) is 3.12. The van der Waals surface area contributed by atoms with Gasteiger partial charge in [0.25, 0.3) is 0 Å². The van der Waals surface area contributed by atoms with Crippen molar-refractivity contribution in [1.29, 1.82) is 0 Å². The molecule has 0 atom stereocenters. The normalized spacial score (nSPS) is 15.9. The van der Waals surface area contributed by atoms with E-state index in [2.05, 4.69) is 5.32 Å². The molecular weight excluding hydrogens is 457 g/mol. The molecule has 1 N–H and O–H groups in total. The zero-order valence-electron chi connectivity index (χ0n) is 18.3. The van der Waals surface area contributed by atoms with E-state index in [0.717, 1.165) is 12.1 Å². The standard InChI is InChI=1S/C23H27F3N2O4S/c1-2-32-20-7-9-21(10-8-20)33(30,31)28-15-12-18(13-16-28)22(29)27-14-11-17-3-5-19(6-4-17)23(24,25)26/h3-10,18H,2,11-16H2,1H3,(H,27,29). The van der Waals surface area contributed by atoms with E-state index >= 15 is 0 Å². The highest BCUT2D eigenvalue weighted by atomic mass is 32.2. The Kier molecular flexibility index (Phi) is 8.01. The van der Waals surface area contributed by atoms with Gasteiger partial charge in [0.1, 0.15) is 5.75 Å². The van der Waals surface area contributed by atoms with Crippen LogP contribution in [0.2, 0.25) is 0 Å². The first-order chi connectivity index (χ1) is 15.6. The second-order valence-corrected chi connectivity index (χ2v) is 9.76. The Hall–Kier alpha value is -2.59. The Morgan fingerprint density at radius 1 is 1.06 bits per heavy atom. The summed E-state index contributed by atoms with van der Waals surface area (Å²) < 4.78 is 70.3. The van der Waals surface area contributed by atoms with Crippen LogP contribution in [0.25, 0.3) is 0 Å². The Balaban J connectivity index is 1.46. The highest BCUT2D eigenvalue weighted by Crippen LogP contribution is 2.29. The minimum atomic E-state index is -4.37. The summed E-state index contributed by atoms with van der Waals surface area (Å²) in [6.07, 6.45) is -3.15. The van der Waals surface area contributed by atoms with E-state index in [1.54, 1.807) is 12.1 Å². The average Bonchev–Trinajstić information content (AvgIpc) is 2.79. The molecule has 0 spiro atoms. The lowest BCUT2D eigenvalue weighted by Crippen LogP contribution is -2.43. The SMILES string of the molecule is CCOc1ccc(S(=O)(=O)N2CCC(C(=O)NCCc3ccc(C(F)(F)F)cc3)CC2)cc1. The van der Waals surface area contributed by atoms with Crippen LogP contribution in [0.5, 0.6) is 5.75 Å². The molecule has 180 valence electrons. The van der Waals surface area contributed by atoms with Crippen LogP contribution in [0.3, 0.4) is 0 Å². The number of sulfonamides is 1. The molecule has 1 aliphatic rings. The van der Waals surface area contributed by atoms with Crippen molar-refractivity contribution in [3.05, 3.63) is 59.7 Å². The number of amides is 1. The molecule has 2 aromatic carbocycles. The average molecular weight is 485 g/mol. The molecule has 0 radical (unpaired) electrons. The van der Waals surface area contributed by atoms with Gasteiger partial charge in [-0.3, -0.25) is 4.79 Å². The quantitative estimate of drug-likeness (QED) is 0.618. The maximum atomic E-state index is 12.9. The van der Waals surface area contributed by atoms with Gasteiger partial charge in [0.15, 0.2) is 0 Å². The highest BCUT2D eigenvalue weighted by Gasteiger charge is 2.32. The number of halogens is 3. The van der Waals surface area contributed by atoms with Crippen LogP contribution < -0.4 is 10.1 Å². The van der Waals surface area contributed by atoms with E-state index < -0.39 is 21.8 Å². The molecule has 0 aromatic heterocycles. The minimum absolute atomic E-state index is 0.167. The van der Waals surface area contributed by atoms with Gasteiger partial charge in [-0.15, -0.1) is 0 Å². The van der Waals surface area contributed by atoms with Crippen LogP contribution in [-0.4, -0.2) is 44.9 Å². The number of ether oxygens (including phenoxy) is 1. The summed E-state index contributed by atoms with van der Waals surface area (Å²) in [5.74, 6) is 0.132. The van der Waals surface area contributed by atoms with Crippen molar-refractivity contribution in [3.8, 4) is 5.75 Å². The fraction of sp³-hybridized carbons (Fsp3) is 0.435. The van der Waals surface area contributed by atoms with Gasteiger partial charge in [-0.25, -0.2) is 8.42 Å². The summed E-state index contributed by atoms with van der Waals surface area (Å²) in [5.41, 5.74) is -0.0122. The largest absolute Gasteiger partial charge is 0.494 e. The predicted molar refractivity (Wildman–Crippen MR) is 117 cm³/mol. The van der Waals surface area contributed by atoms with Gasteiger partial charge < -0.3 is 10.1 Å². The van der Waals surface area contributed by atoms with Crippen molar-refractivity contribution in [2.45, 2.75) is 37.3 Å². The molecule has 33 heavy (non-hydrogen) atoms. The summed E-state index contributed by atoms with van der Waals surface area (Å²) in [7, 11) is -3.64. The predicted octanol–water partition coefficient (Wildman–Crippen LogP) is 3.86. The topological polar surface area (TPSA) is 75.7 Å². The highest BCUT2D eigenvalue weighted by molar-refractivity contribution is 7.89. The number of piperidine rings is 1. The van der Waals surface area contributed by atoms with Crippen LogP contribution in [0, 0.1) is 5.92 Å². The van der Waals surface area contributed by atoms with Crippen molar-refractivity contribution in [3.63, 3.8) is 0 Å². The molecule has 3 rings (SSSR count). The van der Waals surface area contributed by atoms with Gasteiger partial charge in [-0.2, -0.15) is 17.5 Å².